The van der Waals surface area contributed by atoms with Crippen LogP contribution in [0.2, 0.25) is 0 Å². The van der Waals surface area contributed by atoms with Crippen molar-refractivity contribution in [2.24, 2.45) is 5.92 Å². The molecule has 3 N–H and O–H groups in total. The molecule has 1 aliphatic heterocycles. The van der Waals surface area contributed by atoms with Crippen LogP contribution >= 0.6 is 0 Å². The summed E-state index contributed by atoms with van der Waals surface area (Å²) in [5.41, 5.74) is 0.766. The lowest BCUT2D eigenvalue weighted by Crippen LogP contribution is -2.37. The zero-order chi connectivity index (χ0) is 11.9. The summed E-state index contributed by atoms with van der Waals surface area (Å²) >= 11 is 0. The summed E-state index contributed by atoms with van der Waals surface area (Å²) in [6.07, 6.45) is 5.58. The molecule has 1 fully saturated rings. The molecule has 1 aliphatic rings. The van der Waals surface area contributed by atoms with Gasteiger partial charge in [0.05, 0.1) is 0 Å². The number of piperidine rings is 1. The van der Waals surface area contributed by atoms with E-state index in [1.807, 2.05) is 0 Å². The highest BCUT2D eigenvalue weighted by molar-refractivity contribution is 5.89. The van der Waals surface area contributed by atoms with Crippen molar-refractivity contribution in [1.29, 1.82) is 0 Å². The first-order valence-corrected chi connectivity index (χ1v) is 6.00. The molecule has 5 heteroatoms. The molecule has 0 aliphatic carbocycles. The van der Waals surface area contributed by atoms with Crippen LogP contribution < -0.4 is 16.0 Å². The zero-order valence-corrected chi connectivity index (χ0v) is 9.78. The van der Waals surface area contributed by atoms with Crippen LogP contribution in [0.4, 0.5) is 10.5 Å². The quantitative estimate of drug-likeness (QED) is 0.736. The van der Waals surface area contributed by atoms with Gasteiger partial charge in [0.2, 0.25) is 0 Å². The number of rotatable bonds is 3. The Hall–Kier alpha value is -1.62. The molecule has 0 spiro atoms. The van der Waals surface area contributed by atoms with Crippen LogP contribution in [0.15, 0.2) is 24.5 Å². The standard InChI is InChI=1S/C12H18N4O/c17-12(16-11-3-7-14-8-4-11)15-9-10-1-5-13-6-2-10/h3-4,7-8,10,13H,1-2,5-6,9H2,(H2,14,15,16,17). The molecular formula is C12H18N4O. The van der Waals surface area contributed by atoms with E-state index < -0.39 is 0 Å². The van der Waals surface area contributed by atoms with Gasteiger partial charge < -0.3 is 16.0 Å². The minimum Gasteiger partial charge on any atom is -0.338 e. The van der Waals surface area contributed by atoms with E-state index in [1.54, 1.807) is 24.5 Å². The second-order valence-electron chi connectivity index (χ2n) is 4.26. The van der Waals surface area contributed by atoms with Crippen molar-refractivity contribution < 1.29 is 4.79 Å². The van der Waals surface area contributed by atoms with Crippen molar-refractivity contribution in [2.45, 2.75) is 12.8 Å². The van der Waals surface area contributed by atoms with Gasteiger partial charge in [0, 0.05) is 24.6 Å². The third kappa shape index (κ3) is 4.03. The van der Waals surface area contributed by atoms with Crippen LogP contribution in [0.3, 0.4) is 0 Å². The predicted molar refractivity (Wildman–Crippen MR) is 66.9 cm³/mol. The number of nitrogens with zero attached hydrogens (tertiary/aromatic N) is 1. The third-order valence-electron chi connectivity index (χ3n) is 2.95. The van der Waals surface area contributed by atoms with Gasteiger partial charge in [-0.3, -0.25) is 4.98 Å². The number of nitrogens with one attached hydrogen (secondary N) is 3. The van der Waals surface area contributed by atoms with Crippen LogP contribution in [0.25, 0.3) is 0 Å². The van der Waals surface area contributed by atoms with Crippen LogP contribution in [-0.4, -0.2) is 30.6 Å². The Morgan fingerprint density at radius 3 is 2.76 bits per heavy atom. The Morgan fingerprint density at radius 1 is 1.35 bits per heavy atom. The summed E-state index contributed by atoms with van der Waals surface area (Å²) in [5, 5.41) is 8.99. The lowest BCUT2D eigenvalue weighted by molar-refractivity contribution is 0.248. The molecule has 1 saturated heterocycles. The van der Waals surface area contributed by atoms with E-state index in [2.05, 4.69) is 20.9 Å². The van der Waals surface area contributed by atoms with Gasteiger partial charge in [-0.1, -0.05) is 0 Å². The van der Waals surface area contributed by atoms with Gasteiger partial charge in [0.25, 0.3) is 0 Å². The molecule has 92 valence electrons. The van der Waals surface area contributed by atoms with Crippen molar-refractivity contribution in [1.82, 2.24) is 15.6 Å². The molecule has 0 radical (unpaired) electrons. The van der Waals surface area contributed by atoms with Crippen molar-refractivity contribution in [3.63, 3.8) is 0 Å². The van der Waals surface area contributed by atoms with Gasteiger partial charge >= 0.3 is 6.03 Å². The SMILES string of the molecule is O=C(NCC1CCNCC1)Nc1ccncc1. The zero-order valence-electron chi connectivity index (χ0n) is 9.78. The molecule has 0 atom stereocenters. The number of amides is 2. The van der Waals surface area contributed by atoms with Gasteiger partial charge in [0.1, 0.15) is 0 Å². The average Bonchev–Trinajstić information content (AvgIpc) is 2.39. The Labute approximate surface area is 101 Å². The maximum absolute atomic E-state index is 11.6. The number of hydrogen-bond acceptors (Lipinski definition) is 3. The lowest BCUT2D eigenvalue weighted by atomic mass is 9.98. The van der Waals surface area contributed by atoms with E-state index in [0.29, 0.717) is 5.92 Å². The molecule has 1 aromatic heterocycles. The highest BCUT2D eigenvalue weighted by Crippen LogP contribution is 2.10. The first-order valence-electron chi connectivity index (χ1n) is 6.00. The molecule has 1 aromatic rings. The number of urea groups is 1. The highest BCUT2D eigenvalue weighted by Gasteiger charge is 2.13. The van der Waals surface area contributed by atoms with Crippen molar-refractivity contribution in [3.8, 4) is 0 Å². The van der Waals surface area contributed by atoms with Crippen molar-refractivity contribution >= 4 is 11.7 Å². The molecule has 0 bridgehead atoms. The molecule has 5 nitrogen and oxygen atoms in total. The number of pyridine rings is 1. The van der Waals surface area contributed by atoms with Gasteiger partial charge in [-0.15, -0.1) is 0 Å². The minimum absolute atomic E-state index is 0.144. The number of aromatic nitrogens is 1. The highest BCUT2D eigenvalue weighted by atomic mass is 16.2. The topological polar surface area (TPSA) is 66.1 Å². The molecule has 2 rings (SSSR count). The minimum atomic E-state index is -0.144. The Kier molecular flexibility index (Phi) is 4.32. The van der Waals surface area contributed by atoms with Crippen LogP contribution in [0.5, 0.6) is 0 Å². The van der Waals surface area contributed by atoms with Crippen LogP contribution in [-0.2, 0) is 0 Å². The molecule has 2 amide bonds. The first kappa shape index (κ1) is 11.9. The van der Waals surface area contributed by atoms with Crippen LogP contribution in [0, 0.1) is 5.92 Å². The Bertz CT molecular complexity index is 349. The van der Waals surface area contributed by atoms with Gasteiger partial charge in [0.15, 0.2) is 0 Å². The summed E-state index contributed by atoms with van der Waals surface area (Å²) in [4.78, 5) is 15.5. The van der Waals surface area contributed by atoms with E-state index in [4.69, 9.17) is 0 Å². The normalized spacial score (nSPS) is 16.5. The monoisotopic (exact) mass is 234 g/mol. The molecule has 0 saturated carbocycles. The smallest absolute Gasteiger partial charge is 0.319 e. The molecule has 17 heavy (non-hydrogen) atoms. The third-order valence-corrected chi connectivity index (χ3v) is 2.95. The Balaban J connectivity index is 1.70. The summed E-state index contributed by atoms with van der Waals surface area (Å²) < 4.78 is 0. The Morgan fingerprint density at radius 2 is 2.06 bits per heavy atom. The van der Waals surface area contributed by atoms with E-state index in [1.165, 1.54) is 0 Å². The first-order chi connectivity index (χ1) is 8.34. The second kappa shape index (κ2) is 6.20. The maximum atomic E-state index is 11.6. The lowest BCUT2D eigenvalue weighted by Gasteiger charge is -2.22. The van der Waals surface area contributed by atoms with Crippen molar-refractivity contribution in [3.05, 3.63) is 24.5 Å². The average molecular weight is 234 g/mol. The fourth-order valence-corrected chi connectivity index (χ4v) is 1.93. The number of carbonyl (C=O) groups excluding carboxylic acids is 1. The molecule has 2 heterocycles. The fraction of sp³-hybridized carbons (Fsp3) is 0.500. The van der Waals surface area contributed by atoms with Gasteiger partial charge in [-0.05, 0) is 44.0 Å². The summed E-state index contributed by atoms with van der Waals surface area (Å²) in [6, 6.07) is 3.39. The van der Waals surface area contributed by atoms with Gasteiger partial charge in [-0.2, -0.15) is 0 Å². The van der Waals surface area contributed by atoms with Gasteiger partial charge in [-0.25, -0.2) is 4.79 Å². The van der Waals surface area contributed by atoms with E-state index >= 15 is 0 Å². The van der Waals surface area contributed by atoms with E-state index in [9.17, 15) is 4.79 Å². The molecule has 0 aromatic carbocycles. The molecule has 0 unspecified atom stereocenters. The number of hydrogen-bond donors (Lipinski definition) is 3. The molecular weight excluding hydrogens is 216 g/mol. The predicted octanol–water partition coefficient (Wildman–Crippen LogP) is 1.20. The fourth-order valence-electron chi connectivity index (χ4n) is 1.93. The number of carbonyl (C=O) groups is 1. The summed E-state index contributed by atoms with van der Waals surface area (Å²) in [7, 11) is 0. The van der Waals surface area contributed by atoms with Crippen LogP contribution in [0.1, 0.15) is 12.8 Å². The second-order valence-corrected chi connectivity index (χ2v) is 4.26. The largest absolute Gasteiger partial charge is 0.338 e. The number of anilines is 1. The summed E-state index contributed by atoms with van der Waals surface area (Å²) in [6.45, 7) is 2.86. The van der Waals surface area contributed by atoms with E-state index in [-0.39, 0.29) is 6.03 Å². The maximum Gasteiger partial charge on any atom is 0.319 e. The van der Waals surface area contributed by atoms with Crippen molar-refractivity contribution in [2.75, 3.05) is 25.0 Å². The summed E-state index contributed by atoms with van der Waals surface area (Å²) in [5.74, 6) is 0.597. The van der Waals surface area contributed by atoms with E-state index in [0.717, 1.165) is 38.2 Å².